The summed E-state index contributed by atoms with van der Waals surface area (Å²) < 4.78 is 0. The maximum atomic E-state index is 9.73. The van der Waals surface area contributed by atoms with Crippen LogP contribution < -0.4 is 16.0 Å². The zero-order chi connectivity index (χ0) is 12.4. The zero-order valence-electron chi connectivity index (χ0n) is 10.6. The number of aliphatic hydroxyl groups excluding tert-OH is 1. The van der Waals surface area contributed by atoms with Crippen LogP contribution in [0.3, 0.4) is 0 Å². The highest BCUT2D eigenvalue weighted by Crippen LogP contribution is 2.26. The van der Waals surface area contributed by atoms with Gasteiger partial charge in [-0.05, 0) is 17.5 Å². The van der Waals surface area contributed by atoms with Gasteiger partial charge in [0.05, 0.1) is 6.10 Å². The van der Waals surface area contributed by atoms with Crippen LogP contribution in [0.15, 0.2) is 18.2 Å². The number of fused-ring (bicyclic) bond motifs is 1. The van der Waals surface area contributed by atoms with Crippen molar-refractivity contribution in [2.45, 2.75) is 19.1 Å². The van der Waals surface area contributed by atoms with E-state index in [1.807, 2.05) is 0 Å². The van der Waals surface area contributed by atoms with Gasteiger partial charge in [-0.3, -0.25) is 0 Å². The van der Waals surface area contributed by atoms with E-state index in [9.17, 15) is 5.11 Å². The van der Waals surface area contributed by atoms with E-state index < -0.39 is 0 Å². The molecule has 0 aliphatic carbocycles. The SMILES string of the molecule is OC1CNCC1CNCc1cccc2c1NCC2. The second-order valence-electron chi connectivity index (χ2n) is 5.24. The Balaban J connectivity index is 1.56. The molecule has 4 nitrogen and oxygen atoms in total. The molecule has 2 heterocycles. The lowest BCUT2D eigenvalue weighted by molar-refractivity contribution is 0.146. The predicted octanol–water partition coefficient (Wildman–Crippen LogP) is 0.325. The summed E-state index contributed by atoms with van der Waals surface area (Å²) in [5.74, 6) is 0.342. The first-order valence-electron chi connectivity index (χ1n) is 6.79. The van der Waals surface area contributed by atoms with Crippen LogP contribution in [0.2, 0.25) is 0 Å². The minimum absolute atomic E-state index is 0.197. The van der Waals surface area contributed by atoms with Crippen molar-refractivity contribution < 1.29 is 5.11 Å². The largest absolute Gasteiger partial charge is 0.391 e. The normalized spacial score (nSPS) is 26.1. The lowest BCUT2D eigenvalue weighted by Gasteiger charge is -2.15. The maximum absolute atomic E-state index is 9.73. The van der Waals surface area contributed by atoms with Crippen LogP contribution in [-0.4, -0.2) is 37.4 Å². The van der Waals surface area contributed by atoms with Gasteiger partial charge in [0.2, 0.25) is 0 Å². The molecule has 0 radical (unpaired) electrons. The summed E-state index contributed by atoms with van der Waals surface area (Å²) in [5.41, 5.74) is 4.08. The quantitative estimate of drug-likeness (QED) is 0.619. The van der Waals surface area contributed by atoms with Crippen LogP contribution in [0, 0.1) is 5.92 Å². The molecule has 0 bridgehead atoms. The molecule has 0 saturated carbocycles. The van der Waals surface area contributed by atoms with Gasteiger partial charge in [-0.2, -0.15) is 0 Å². The van der Waals surface area contributed by atoms with Crippen LogP contribution in [0.5, 0.6) is 0 Å². The molecule has 1 aromatic carbocycles. The molecule has 2 unspecified atom stereocenters. The van der Waals surface area contributed by atoms with Gasteiger partial charge in [-0.15, -0.1) is 0 Å². The van der Waals surface area contributed by atoms with Gasteiger partial charge in [0, 0.05) is 44.3 Å². The topological polar surface area (TPSA) is 56.3 Å². The monoisotopic (exact) mass is 247 g/mol. The van der Waals surface area contributed by atoms with Crippen LogP contribution in [0.4, 0.5) is 5.69 Å². The van der Waals surface area contributed by atoms with Crippen LogP contribution >= 0.6 is 0 Å². The lowest BCUT2D eigenvalue weighted by atomic mass is 10.1. The smallest absolute Gasteiger partial charge is 0.0716 e. The molecule has 2 aliphatic heterocycles. The second-order valence-corrected chi connectivity index (χ2v) is 5.24. The van der Waals surface area contributed by atoms with E-state index in [0.717, 1.165) is 39.1 Å². The molecule has 4 heteroatoms. The van der Waals surface area contributed by atoms with Crippen molar-refractivity contribution in [1.82, 2.24) is 10.6 Å². The van der Waals surface area contributed by atoms with E-state index in [0.29, 0.717) is 5.92 Å². The highest BCUT2D eigenvalue weighted by molar-refractivity contribution is 5.61. The van der Waals surface area contributed by atoms with Crippen molar-refractivity contribution in [3.63, 3.8) is 0 Å². The third kappa shape index (κ3) is 2.36. The molecule has 18 heavy (non-hydrogen) atoms. The summed E-state index contributed by atoms with van der Waals surface area (Å²) in [6.45, 7) is 4.45. The summed E-state index contributed by atoms with van der Waals surface area (Å²) in [6, 6.07) is 6.51. The Morgan fingerprint density at radius 1 is 1.33 bits per heavy atom. The predicted molar refractivity (Wildman–Crippen MR) is 72.7 cm³/mol. The number of anilines is 1. The minimum atomic E-state index is -0.197. The highest BCUT2D eigenvalue weighted by atomic mass is 16.3. The fraction of sp³-hybridized carbons (Fsp3) is 0.571. The zero-order valence-corrected chi connectivity index (χ0v) is 10.6. The molecule has 4 N–H and O–H groups in total. The Morgan fingerprint density at radius 3 is 3.11 bits per heavy atom. The Hall–Kier alpha value is -1.10. The van der Waals surface area contributed by atoms with Crippen molar-refractivity contribution in [3.8, 4) is 0 Å². The molecule has 1 saturated heterocycles. The number of aliphatic hydroxyl groups is 1. The number of para-hydroxylation sites is 1. The molecule has 1 fully saturated rings. The first kappa shape index (κ1) is 12.0. The van der Waals surface area contributed by atoms with Gasteiger partial charge in [0.1, 0.15) is 0 Å². The van der Waals surface area contributed by atoms with Gasteiger partial charge in [0.25, 0.3) is 0 Å². The maximum Gasteiger partial charge on any atom is 0.0716 e. The first-order valence-corrected chi connectivity index (χ1v) is 6.79. The molecule has 0 aromatic heterocycles. The third-order valence-corrected chi connectivity index (χ3v) is 3.96. The third-order valence-electron chi connectivity index (χ3n) is 3.96. The van der Waals surface area contributed by atoms with Gasteiger partial charge in [-0.25, -0.2) is 0 Å². The van der Waals surface area contributed by atoms with Crippen molar-refractivity contribution in [1.29, 1.82) is 0 Å². The summed E-state index contributed by atoms with van der Waals surface area (Å²) in [7, 11) is 0. The Labute approximate surface area is 108 Å². The molecule has 0 amide bonds. The van der Waals surface area contributed by atoms with Gasteiger partial charge in [0.15, 0.2) is 0 Å². The number of benzene rings is 1. The van der Waals surface area contributed by atoms with Gasteiger partial charge >= 0.3 is 0 Å². The first-order chi connectivity index (χ1) is 8.84. The number of hydrogen-bond acceptors (Lipinski definition) is 4. The van der Waals surface area contributed by atoms with Gasteiger partial charge < -0.3 is 21.1 Å². The molecule has 1 aromatic rings. The molecule has 0 spiro atoms. The number of hydrogen-bond donors (Lipinski definition) is 4. The minimum Gasteiger partial charge on any atom is -0.391 e. The fourth-order valence-corrected chi connectivity index (χ4v) is 2.88. The molecule has 3 rings (SSSR count). The summed E-state index contributed by atoms with van der Waals surface area (Å²) in [4.78, 5) is 0. The van der Waals surface area contributed by atoms with E-state index >= 15 is 0 Å². The van der Waals surface area contributed by atoms with E-state index in [4.69, 9.17) is 0 Å². The number of β-amino-alcohol motifs (C(OH)–C–C–N with tert-alkyl or cyclic N) is 1. The molecular weight excluding hydrogens is 226 g/mol. The molecule has 98 valence electrons. The van der Waals surface area contributed by atoms with Crippen molar-refractivity contribution >= 4 is 5.69 Å². The van der Waals surface area contributed by atoms with Crippen molar-refractivity contribution in [3.05, 3.63) is 29.3 Å². The van der Waals surface area contributed by atoms with E-state index in [1.165, 1.54) is 16.8 Å². The number of rotatable bonds is 4. The van der Waals surface area contributed by atoms with E-state index in [-0.39, 0.29) is 6.10 Å². The average molecular weight is 247 g/mol. The second kappa shape index (κ2) is 5.26. The lowest BCUT2D eigenvalue weighted by Crippen LogP contribution is -2.30. The highest BCUT2D eigenvalue weighted by Gasteiger charge is 2.24. The standard InChI is InChI=1S/C14H21N3O/c18-13-9-16-8-12(13)7-15-6-11-3-1-2-10-4-5-17-14(10)11/h1-3,12-13,15-18H,4-9H2. The average Bonchev–Trinajstić information content (AvgIpc) is 2.99. The molecule has 2 atom stereocenters. The Kier molecular flexibility index (Phi) is 3.50. The number of nitrogens with one attached hydrogen (secondary N) is 3. The van der Waals surface area contributed by atoms with Crippen molar-refractivity contribution in [2.75, 3.05) is 31.5 Å². The fourth-order valence-electron chi connectivity index (χ4n) is 2.88. The van der Waals surface area contributed by atoms with Crippen LogP contribution in [-0.2, 0) is 13.0 Å². The van der Waals surface area contributed by atoms with Gasteiger partial charge in [-0.1, -0.05) is 18.2 Å². The van der Waals surface area contributed by atoms with Crippen molar-refractivity contribution in [2.24, 2.45) is 5.92 Å². The summed E-state index contributed by atoms with van der Waals surface area (Å²) in [6.07, 6.45) is 0.936. The van der Waals surface area contributed by atoms with E-state index in [1.54, 1.807) is 0 Å². The Morgan fingerprint density at radius 2 is 2.28 bits per heavy atom. The molecular formula is C14H21N3O. The summed E-state index contributed by atoms with van der Waals surface area (Å²) in [5, 5.41) is 19.9. The molecule has 2 aliphatic rings. The van der Waals surface area contributed by atoms with Crippen LogP contribution in [0.25, 0.3) is 0 Å². The summed E-state index contributed by atoms with van der Waals surface area (Å²) >= 11 is 0. The Bertz CT molecular complexity index is 422. The van der Waals surface area contributed by atoms with Crippen LogP contribution in [0.1, 0.15) is 11.1 Å². The van der Waals surface area contributed by atoms with E-state index in [2.05, 4.69) is 34.1 Å².